The molecule has 0 aliphatic heterocycles. The van der Waals surface area contributed by atoms with Crippen LogP contribution >= 0.6 is 0 Å². The van der Waals surface area contributed by atoms with Gasteiger partial charge in [0.2, 0.25) is 5.91 Å². The molecule has 98 valence electrons. The molecule has 5 heteroatoms. The van der Waals surface area contributed by atoms with Crippen molar-refractivity contribution in [2.24, 2.45) is 0 Å². The van der Waals surface area contributed by atoms with Gasteiger partial charge in [0.15, 0.2) is 0 Å². The van der Waals surface area contributed by atoms with Gasteiger partial charge in [0.1, 0.15) is 0 Å². The molecule has 0 aromatic heterocycles. The molecule has 1 rings (SSSR count). The number of benzene rings is 1. The molecule has 2 amide bonds. The normalized spacial score (nSPS) is 9.94. The molecular weight excluding hydrogens is 230 g/mol. The third-order valence-corrected chi connectivity index (χ3v) is 2.72. The van der Waals surface area contributed by atoms with Gasteiger partial charge in [-0.05, 0) is 26.0 Å². The van der Waals surface area contributed by atoms with Crippen LogP contribution in [0.2, 0.25) is 0 Å². The third-order valence-electron chi connectivity index (χ3n) is 2.72. The summed E-state index contributed by atoms with van der Waals surface area (Å²) in [6, 6.07) is 5.29. The number of hydrogen-bond acceptors (Lipinski definition) is 3. The van der Waals surface area contributed by atoms with Crippen LogP contribution in [0.3, 0.4) is 0 Å². The Balaban J connectivity index is 2.96. The fraction of sp³-hybridized carbons (Fsp3) is 0.385. The van der Waals surface area contributed by atoms with Crippen molar-refractivity contribution in [3.05, 3.63) is 29.3 Å². The van der Waals surface area contributed by atoms with E-state index in [2.05, 4.69) is 5.32 Å². The number of nitrogens with two attached hydrogens (primary N) is 1. The second-order valence-corrected chi connectivity index (χ2v) is 4.08. The van der Waals surface area contributed by atoms with Crippen molar-refractivity contribution in [2.75, 3.05) is 25.9 Å². The van der Waals surface area contributed by atoms with Gasteiger partial charge in [0, 0.05) is 19.3 Å². The molecule has 0 heterocycles. The van der Waals surface area contributed by atoms with Crippen LogP contribution in [-0.4, -0.2) is 36.9 Å². The summed E-state index contributed by atoms with van der Waals surface area (Å²) in [5, 5.41) is 2.50. The van der Waals surface area contributed by atoms with Crippen molar-refractivity contribution < 1.29 is 9.59 Å². The number of amides is 2. The lowest BCUT2D eigenvalue weighted by molar-refractivity contribution is -0.121. The lowest BCUT2D eigenvalue weighted by Crippen LogP contribution is -2.39. The van der Waals surface area contributed by atoms with Crippen LogP contribution in [0.1, 0.15) is 22.8 Å². The predicted octanol–water partition coefficient (Wildman–Crippen LogP) is 0.785. The smallest absolute Gasteiger partial charge is 0.256 e. The van der Waals surface area contributed by atoms with Crippen LogP contribution in [0, 0.1) is 6.92 Å². The fourth-order valence-corrected chi connectivity index (χ4v) is 1.61. The summed E-state index contributed by atoms with van der Waals surface area (Å²) < 4.78 is 0. The molecule has 0 saturated heterocycles. The zero-order valence-electron chi connectivity index (χ0n) is 11.0. The highest BCUT2D eigenvalue weighted by Gasteiger charge is 2.18. The van der Waals surface area contributed by atoms with Gasteiger partial charge in [-0.3, -0.25) is 9.59 Å². The Hall–Kier alpha value is -2.04. The lowest BCUT2D eigenvalue weighted by Gasteiger charge is -2.20. The summed E-state index contributed by atoms with van der Waals surface area (Å²) >= 11 is 0. The number of anilines is 1. The molecule has 5 nitrogen and oxygen atoms in total. The van der Waals surface area contributed by atoms with E-state index in [1.807, 2.05) is 19.9 Å². The third kappa shape index (κ3) is 3.23. The first-order valence-electron chi connectivity index (χ1n) is 5.85. The van der Waals surface area contributed by atoms with Crippen LogP contribution in [0.5, 0.6) is 0 Å². The van der Waals surface area contributed by atoms with Crippen molar-refractivity contribution in [3.8, 4) is 0 Å². The number of nitrogens with zero attached hydrogens (tertiary/aromatic N) is 1. The molecule has 0 bridgehead atoms. The number of carbonyl (C=O) groups is 2. The molecule has 0 unspecified atom stereocenters. The first kappa shape index (κ1) is 14.0. The summed E-state index contributed by atoms with van der Waals surface area (Å²) in [7, 11) is 1.54. The molecule has 0 atom stereocenters. The van der Waals surface area contributed by atoms with E-state index in [4.69, 9.17) is 5.73 Å². The molecule has 1 aromatic carbocycles. The number of nitrogen functional groups attached to an aromatic ring is 1. The summed E-state index contributed by atoms with van der Waals surface area (Å²) in [6.07, 6.45) is 0. The maximum Gasteiger partial charge on any atom is 0.256 e. The molecule has 0 saturated carbocycles. The Morgan fingerprint density at radius 3 is 2.61 bits per heavy atom. The Morgan fingerprint density at radius 2 is 2.06 bits per heavy atom. The number of hydrogen-bond donors (Lipinski definition) is 2. The summed E-state index contributed by atoms with van der Waals surface area (Å²) in [4.78, 5) is 25.1. The minimum atomic E-state index is -0.220. The minimum Gasteiger partial charge on any atom is -0.398 e. The van der Waals surface area contributed by atoms with Crippen molar-refractivity contribution in [1.29, 1.82) is 0 Å². The number of likely N-dealkylation sites (N-methyl/N-ethyl adjacent to an activating group) is 2. The number of aryl methyl sites for hydroxylation is 1. The number of nitrogens with one attached hydrogen (secondary N) is 1. The second kappa shape index (κ2) is 6.05. The predicted molar refractivity (Wildman–Crippen MR) is 71.2 cm³/mol. The highest BCUT2D eigenvalue weighted by molar-refractivity contribution is 6.00. The Bertz CT molecular complexity index is 458. The van der Waals surface area contributed by atoms with Gasteiger partial charge in [-0.1, -0.05) is 11.6 Å². The van der Waals surface area contributed by atoms with E-state index in [-0.39, 0.29) is 18.4 Å². The zero-order chi connectivity index (χ0) is 13.7. The van der Waals surface area contributed by atoms with E-state index in [9.17, 15) is 9.59 Å². The van der Waals surface area contributed by atoms with Gasteiger partial charge in [-0.2, -0.15) is 0 Å². The van der Waals surface area contributed by atoms with E-state index in [0.717, 1.165) is 5.56 Å². The van der Waals surface area contributed by atoms with Crippen LogP contribution in [-0.2, 0) is 4.79 Å². The molecule has 18 heavy (non-hydrogen) atoms. The van der Waals surface area contributed by atoms with E-state index >= 15 is 0 Å². The van der Waals surface area contributed by atoms with Crippen molar-refractivity contribution in [3.63, 3.8) is 0 Å². The van der Waals surface area contributed by atoms with Crippen LogP contribution in [0.4, 0.5) is 5.69 Å². The maximum absolute atomic E-state index is 12.3. The van der Waals surface area contributed by atoms with Gasteiger partial charge in [0.05, 0.1) is 12.1 Å². The molecule has 3 N–H and O–H groups in total. The van der Waals surface area contributed by atoms with Gasteiger partial charge >= 0.3 is 0 Å². The summed E-state index contributed by atoms with van der Waals surface area (Å²) in [5.41, 5.74) is 7.64. The molecule has 0 aliphatic rings. The Morgan fingerprint density at radius 1 is 1.39 bits per heavy atom. The van der Waals surface area contributed by atoms with Gasteiger partial charge < -0.3 is 16.0 Å². The van der Waals surface area contributed by atoms with Crippen LogP contribution in [0.25, 0.3) is 0 Å². The van der Waals surface area contributed by atoms with Gasteiger partial charge in [-0.25, -0.2) is 0 Å². The van der Waals surface area contributed by atoms with Crippen molar-refractivity contribution in [1.82, 2.24) is 10.2 Å². The molecule has 1 aromatic rings. The zero-order valence-corrected chi connectivity index (χ0v) is 11.0. The number of carbonyl (C=O) groups excluding carboxylic acids is 2. The topological polar surface area (TPSA) is 75.4 Å². The SMILES string of the molecule is CCN(CC(=O)NC)C(=O)c1cc(C)ccc1N. The van der Waals surface area contributed by atoms with E-state index in [0.29, 0.717) is 17.8 Å². The molecule has 0 radical (unpaired) electrons. The van der Waals surface area contributed by atoms with Gasteiger partial charge in [0.25, 0.3) is 5.91 Å². The molecular formula is C13H19N3O2. The van der Waals surface area contributed by atoms with E-state index in [1.54, 1.807) is 19.2 Å². The van der Waals surface area contributed by atoms with E-state index < -0.39 is 0 Å². The van der Waals surface area contributed by atoms with Crippen LogP contribution in [0.15, 0.2) is 18.2 Å². The first-order valence-corrected chi connectivity index (χ1v) is 5.85. The summed E-state index contributed by atoms with van der Waals surface area (Å²) in [5.74, 6) is -0.418. The Labute approximate surface area is 107 Å². The lowest BCUT2D eigenvalue weighted by atomic mass is 10.1. The quantitative estimate of drug-likeness (QED) is 0.774. The molecule has 0 spiro atoms. The highest BCUT2D eigenvalue weighted by Crippen LogP contribution is 2.16. The van der Waals surface area contributed by atoms with Crippen LogP contribution < -0.4 is 11.1 Å². The van der Waals surface area contributed by atoms with Crippen molar-refractivity contribution >= 4 is 17.5 Å². The molecule has 0 fully saturated rings. The van der Waals surface area contributed by atoms with Gasteiger partial charge in [-0.15, -0.1) is 0 Å². The monoisotopic (exact) mass is 249 g/mol. The minimum absolute atomic E-state index is 0.0409. The first-order chi connectivity index (χ1) is 8.49. The number of rotatable bonds is 4. The average molecular weight is 249 g/mol. The maximum atomic E-state index is 12.3. The van der Waals surface area contributed by atoms with Crippen molar-refractivity contribution in [2.45, 2.75) is 13.8 Å². The standard InChI is InChI=1S/C13H19N3O2/c1-4-16(8-12(17)15-3)13(18)10-7-9(2)5-6-11(10)14/h5-7H,4,8,14H2,1-3H3,(H,15,17). The highest BCUT2D eigenvalue weighted by atomic mass is 16.2. The Kier molecular flexibility index (Phi) is 4.71. The largest absolute Gasteiger partial charge is 0.398 e. The molecule has 0 aliphatic carbocycles. The average Bonchev–Trinajstić information content (AvgIpc) is 2.37. The summed E-state index contributed by atoms with van der Waals surface area (Å²) in [6.45, 7) is 4.22. The fourth-order valence-electron chi connectivity index (χ4n) is 1.61. The second-order valence-electron chi connectivity index (χ2n) is 4.08. The van der Waals surface area contributed by atoms with E-state index in [1.165, 1.54) is 4.90 Å².